The summed E-state index contributed by atoms with van der Waals surface area (Å²) in [5.41, 5.74) is 6.96. The molecule has 5 nitrogen and oxygen atoms in total. The van der Waals surface area contributed by atoms with E-state index >= 15 is 0 Å². The Bertz CT molecular complexity index is 393. The van der Waals surface area contributed by atoms with Crippen LogP contribution in [0.3, 0.4) is 0 Å². The summed E-state index contributed by atoms with van der Waals surface area (Å²) in [5, 5.41) is 7.53. The predicted octanol–water partition coefficient (Wildman–Crippen LogP) is 1.48. The Labute approximate surface area is 101 Å². The fourth-order valence-corrected chi connectivity index (χ4v) is 1.46. The standard InChI is InChI=1S/C12H19N3O2/c1-4-16-7-9(3)17-12-10(11(13)14)8(2)5-6-15-12/h5-6,9H,4,7H2,1-3H3,(H3,13,14). The number of nitrogens with zero attached hydrogens (tertiary/aromatic N) is 1. The quantitative estimate of drug-likeness (QED) is 0.580. The van der Waals surface area contributed by atoms with Crippen LogP contribution >= 0.6 is 0 Å². The molecule has 0 saturated carbocycles. The van der Waals surface area contributed by atoms with E-state index in [2.05, 4.69) is 4.98 Å². The van der Waals surface area contributed by atoms with Gasteiger partial charge in [0.2, 0.25) is 5.88 Å². The van der Waals surface area contributed by atoms with E-state index in [4.69, 9.17) is 20.6 Å². The van der Waals surface area contributed by atoms with Crippen LogP contribution in [0, 0.1) is 12.3 Å². The maximum atomic E-state index is 7.53. The van der Waals surface area contributed by atoms with Crippen molar-refractivity contribution >= 4 is 5.84 Å². The second-order valence-electron chi connectivity index (χ2n) is 3.81. The first kappa shape index (κ1) is 13.4. The van der Waals surface area contributed by atoms with Crippen LogP contribution in [0.1, 0.15) is 25.0 Å². The number of amidine groups is 1. The van der Waals surface area contributed by atoms with Crippen molar-refractivity contribution < 1.29 is 9.47 Å². The Hall–Kier alpha value is -1.62. The van der Waals surface area contributed by atoms with E-state index in [1.54, 1.807) is 12.3 Å². The van der Waals surface area contributed by atoms with Gasteiger partial charge in [-0.1, -0.05) is 0 Å². The van der Waals surface area contributed by atoms with Gasteiger partial charge in [0.15, 0.2) is 0 Å². The van der Waals surface area contributed by atoms with Gasteiger partial charge in [-0.05, 0) is 32.4 Å². The zero-order valence-electron chi connectivity index (χ0n) is 10.5. The lowest BCUT2D eigenvalue weighted by Crippen LogP contribution is -2.23. The molecule has 1 aromatic heterocycles. The summed E-state index contributed by atoms with van der Waals surface area (Å²) in [5.74, 6) is 0.360. The number of nitrogens with one attached hydrogen (secondary N) is 1. The largest absolute Gasteiger partial charge is 0.472 e. The zero-order valence-corrected chi connectivity index (χ0v) is 10.5. The van der Waals surface area contributed by atoms with Gasteiger partial charge >= 0.3 is 0 Å². The van der Waals surface area contributed by atoms with E-state index in [1.807, 2.05) is 20.8 Å². The smallest absolute Gasteiger partial charge is 0.225 e. The topological polar surface area (TPSA) is 81.2 Å². The normalized spacial score (nSPS) is 12.2. The van der Waals surface area contributed by atoms with Crippen molar-refractivity contribution in [2.75, 3.05) is 13.2 Å². The molecule has 0 bridgehead atoms. The van der Waals surface area contributed by atoms with Gasteiger partial charge in [-0.3, -0.25) is 5.41 Å². The van der Waals surface area contributed by atoms with E-state index in [0.29, 0.717) is 24.7 Å². The molecule has 1 aromatic rings. The van der Waals surface area contributed by atoms with Gasteiger partial charge < -0.3 is 15.2 Å². The average Bonchev–Trinajstić information content (AvgIpc) is 2.25. The lowest BCUT2D eigenvalue weighted by atomic mass is 10.1. The minimum absolute atomic E-state index is 0.0331. The molecule has 5 heteroatoms. The third-order valence-electron chi connectivity index (χ3n) is 2.26. The number of rotatable bonds is 6. The minimum atomic E-state index is -0.123. The van der Waals surface area contributed by atoms with Crippen molar-refractivity contribution in [1.29, 1.82) is 5.41 Å². The van der Waals surface area contributed by atoms with E-state index in [9.17, 15) is 0 Å². The monoisotopic (exact) mass is 237 g/mol. The van der Waals surface area contributed by atoms with Gasteiger partial charge in [-0.15, -0.1) is 0 Å². The van der Waals surface area contributed by atoms with E-state index in [0.717, 1.165) is 5.56 Å². The van der Waals surface area contributed by atoms with Gasteiger partial charge in [-0.2, -0.15) is 0 Å². The van der Waals surface area contributed by atoms with Crippen molar-refractivity contribution in [2.45, 2.75) is 26.9 Å². The Balaban J connectivity index is 2.83. The summed E-state index contributed by atoms with van der Waals surface area (Å²) in [4.78, 5) is 4.11. The fourth-order valence-electron chi connectivity index (χ4n) is 1.46. The van der Waals surface area contributed by atoms with Crippen LogP contribution in [0.4, 0.5) is 0 Å². The lowest BCUT2D eigenvalue weighted by molar-refractivity contribution is 0.0632. The summed E-state index contributed by atoms with van der Waals surface area (Å²) in [6, 6.07) is 1.80. The van der Waals surface area contributed by atoms with Gasteiger partial charge in [0.1, 0.15) is 11.9 Å². The van der Waals surface area contributed by atoms with Crippen LogP contribution in [0.2, 0.25) is 0 Å². The number of aryl methyl sites for hydroxylation is 1. The molecule has 0 amide bonds. The summed E-state index contributed by atoms with van der Waals surface area (Å²) >= 11 is 0. The van der Waals surface area contributed by atoms with Gasteiger partial charge in [0.05, 0.1) is 12.2 Å². The molecule has 1 heterocycles. The Morgan fingerprint density at radius 3 is 2.88 bits per heavy atom. The molecule has 1 atom stereocenters. The van der Waals surface area contributed by atoms with Crippen molar-refractivity contribution in [3.05, 3.63) is 23.4 Å². The molecule has 0 radical (unpaired) electrons. The molecule has 0 aliphatic carbocycles. The summed E-state index contributed by atoms with van der Waals surface area (Å²) < 4.78 is 10.9. The molecule has 0 aliphatic rings. The number of nitrogens with two attached hydrogens (primary N) is 1. The highest BCUT2D eigenvalue weighted by Gasteiger charge is 2.14. The first-order valence-corrected chi connectivity index (χ1v) is 5.60. The molecule has 0 aromatic carbocycles. The second-order valence-corrected chi connectivity index (χ2v) is 3.81. The number of hydrogen-bond donors (Lipinski definition) is 2. The van der Waals surface area contributed by atoms with Crippen LogP contribution < -0.4 is 10.5 Å². The number of pyridine rings is 1. The molecule has 17 heavy (non-hydrogen) atoms. The molecular weight excluding hydrogens is 218 g/mol. The third kappa shape index (κ3) is 3.71. The Morgan fingerprint density at radius 1 is 1.59 bits per heavy atom. The molecular formula is C12H19N3O2. The average molecular weight is 237 g/mol. The molecule has 94 valence electrons. The highest BCUT2D eigenvalue weighted by atomic mass is 16.5. The predicted molar refractivity (Wildman–Crippen MR) is 66.6 cm³/mol. The SMILES string of the molecule is CCOCC(C)Oc1nccc(C)c1C(=N)N. The first-order valence-electron chi connectivity index (χ1n) is 5.60. The van der Waals surface area contributed by atoms with Crippen LogP contribution in [0.5, 0.6) is 5.88 Å². The molecule has 0 saturated heterocycles. The van der Waals surface area contributed by atoms with Crippen LogP contribution in [0.15, 0.2) is 12.3 Å². The minimum Gasteiger partial charge on any atom is -0.472 e. The van der Waals surface area contributed by atoms with Gasteiger partial charge in [0.25, 0.3) is 0 Å². The van der Waals surface area contributed by atoms with E-state index < -0.39 is 0 Å². The maximum Gasteiger partial charge on any atom is 0.225 e. The van der Waals surface area contributed by atoms with E-state index in [-0.39, 0.29) is 11.9 Å². The number of aromatic nitrogens is 1. The van der Waals surface area contributed by atoms with Gasteiger partial charge in [0, 0.05) is 12.8 Å². The molecule has 3 N–H and O–H groups in total. The highest BCUT2D eigenvalue weighted by Crippen LogP contribution is 2.19. The molecule has 0 aliphatic heterocycles. The second kappa shape index (κ2) is 6.20. The van der Waals surface area contributed by atoms with E-state index in [1.165, 1.54) is 0 Å². The molecule has 1 rings (SSSR count). The molecule has 0 spiro atoms. The van der Waals surface area contributed by atoms with Gasteiger partial charge in [-0.25, -0.2) is 4.98 Å². The highest BCUT2D eigenvalue weighted by molar-refractivity contribution is 5.98. The van der Waals surface area contributed by atoms with Crippen molar-refractivity contribution in [3.8, 4) is 5.88 Å². The van der Waals surface area contributed by atoms with Crippen LogP contribution in [-0.2, 0) is 4.74 Å². The lowest BCUT2D eigenvalue weighted by Gasteiger charge is -2.16. The molecule has 0 fully saturated rings. The maximum absolute atomic E-state index is 7.53. The fraction of sp³-hybridized carbons (Fsp3) is 0.500. The number of ether oxygens (including phenoxy) is 2. The first-order chi connectivity index (χ1) is 8.06. The summed E-state index contributed by atoms with van der Waals surface area (Å²) in [6.45, 7) is 6.83. The number of hydrogen-bond acceptors (Lipinski definition) is 4. The van der Waals surface area contributed by atoms with Crippen LogP contribution in [-0.4, -0.2) is 30.1 Å². The molecule has 1 unspecified atom stereocenters. The summed E-state index contributed by atoms with van der Waals surface area (Å²) in [7, 11) is 0. The number of nitrogen functional groups attached to an aromatic ring is 1. The van der Waals surface area contributed by atoms with Crippen molar-refractivity contribution in [3.63, 3.8) is 0 Å². The van der Waals surface area contributed by atoms with Crippen LogP contribution in [0.25, 0.3) is 0 Å². The van der Waals surface area contributed by atoms with Crippen molar-refractivity contribution in [1.82, 2.24) is 4.98 Å². The Morgan fingerprint density at radius 2 is 2.29 bits per heavy atom. The Kier molecular flexibility index (Phi) is 4.90. The third-order valence-corrected chi connectivity index (χ3v) is 2.26. The zero-order chi connectivity index (χ0) is 12.8. The van der Waals surface area contributed by atoms with Crippen molar-refractivity contribution in [2.24, 2.45) is 5.73 Å². The summed E-state index contributed by atoms with van der Waals surface area (Å²) in [6.07, 6.45) is 1.52.